The second-order valence-corrected chi connectivity index (χ2v) is 2.57. The molecule has 0 bridgehead atoms. The third kappa shape index (κ3) is 9.39. The average Bonchev–Trinajstić information content (AvgIpc) is 2.09. The van der Waals surface area contributed by atoms with Crippen LogP contribution < -0.4 is 10.6 Å². The van der Waals surface area contributed by atoms with Crippen LogP contribution in [0.25, 0.3) is 0 Å². The van der Waals surface area contributed by atoms with E-state index in [1.807, 2.05) is 0 Å². The fourth-order valence-corrected chi connectivity index (χ4v) is 0.604. The number of hydrogen-bond donors (Lipinski definition) is 2. The molecule has 1 aliphatic rings. The van der Waals surface area contributed by atoms with Crippen molar-refractivity contribution in [3.8, 4) is 0 Å². The lowest BCUT2D eigenvalue weighted by molar-refractivity contribution is -0.115. The van der Waals surface area contributed by atoms with Gasteiger partial charge in [-0.2, -0.15) is 0 Å². The quantitative estimate of drug-likeness (QED) is 0.477. The van der Waals surface area contributed by atoms with Crippen LogP contribution in [-0.4, -0.2) is 51.6 Å². The van der Waals surface area contributed by atoms with E-state index in [2.05, 4.69) is 10.6 Å². The van der Waals surface area contributed by atoms with Crippen LogP contribution >= 0.6 is 0 Å². The highest BCUT2D eigenvalue weighted by Crippen LogP contribution is 1.65. The first kappa shape index (κ1) is 10.4. The molecule has 66 valence electrons. The lowest BCUT2D eigenvalue weighted by Gasteiger charge is -2.11. The molecule has 0 saturated carbocycles. The Hall–Kier alpha value is -0.610. The molecule has 0 atom stereocenters. The van der Waals surface area contributed by atoms with E-state index in [0.29, 0.717) is 0 Å². The minimum atomic E-state index is 0.750. The summed E-state index contributed by atoms with van der Waals surface area (Å²) in [5.74, 6) is 0. The Kier molecular flexibility index (Phi) is 7.08. The molecule has 1 saturated heterocycles. The van der Waals surface area contributed by atoms with E-state index in [-0.39, 0.29) is 0 Å². The number of carbonyl (C=O) groups excluding carboxylic acids is 1. The number of nitrogens with one attached hydrogen (secondary N) is 2. The van der Waals surface area contributed by atoms with Gasteiger partial charge in [0.15, 0.2) is 0 Å². The standard InChI is InChI=1S/C4H10N2.C3H7NO/c1-2-6-4-3-5-1;1-4(2)3-5/h5-6H,1-4H2;3H,1-2H3. The molecule has 1 aliphatic heterocycles. The van der Waals surface area contributed by atoms with Crippen molar-refractivity contribution in [2.75, 3.05) is 40.3 Å². The molecule has 4 nitrogen and oxygen atoms in total. The molecule has 0 aromatic heterocycles. The summed E-state index contributed by atoms with van der Waals surface area (Å²) in [5.41, 5.74) is 0. The first-order chi connectivity index (χ1) is 5.27. The van der Waals surface area contributed by atoms with Gasteiger partial charge in [-0.1, -0.05) is 0 Å². The van der Waals surface area contributed by atoms with Crippen molar-refractivity contribution in [3.63, 3.8) is 0 Å². The van der Waals surface area contributed by atoms with E-state index >= 15 is 0 Å². The summed E-state index contributed by atoms with van der Waals surface area (Å²) in [6, 6.07) is 0. The Morgan fingerprint density at radius 2 is 1.36 bits per heavy atom. The first-order valence-electron chi connectivity index (χ1n) is 3.80. The van der Waals surface area contributed by atoms with Gasteiger partial charge in [-0.15, -0.1) is 0 Å². The van der Waals surface area contributed by atoms with Crippen LogP contribution in [0.4, 0.5) is 0 Å². The molecular weight excluding hydrogens is 142 g/mol. The summed E-state index contributed by atoms with van der Waals surface area (Å²) in [6.45, 7) is 4.56. The van der Waals surface area contributed by atoms with E-state index in [0.717, 1.165) is 32.6 Å². The number of nitrogens with zero attached hydrogens (tertiary/aromatic N) is 1. The van der Waals surface area contributed by atoms with Crippen molar-refractivity contribution < 1.29 is 4.79 Å². The molecule has 0 spiro atoms. The van der Waals surface area contributed by atoms with Crippen LogP contribution in [0.2, 0.25) is 0 Å². The van der Waals surface area contributed by atoms with Crippen LogP contribution in [0.3, 0.4) is 0 Å². The van der Waals surface area contributed by atoms with E-state index in [9.17, 15) is 4.79 Å². The number of amides is 1. The molecule has 0 aromatic rings. The SMILES string of the molecule is C1CNCCN1.CN(C)C=O. The monoisotopic (exact) mass is 159 g/mol. The van der Waals surface area contributed by atoms with Gasteiger partial charge < -0.3 is 15.5 Å². The third-order valence-electron chi connectivity index (χ3n) is 1.17. The number of hydrogen-bond acceptors (Lipinski definition) is 3. The van der Waals surface area contributed by atoms with Gasteiger partial charge in [0.2, 0.25) is 6.41 Å². The fourth-order valence-electron chi connectivity index (χ4n) is 0.604. The van der Waals surface area contributed by atoms with Gasteiger partial charge in [0.25, 0.3) is 0 Å². The predicted molar refractivity (Wildman–Crippen MR) is 45.5 cm³/mol. The van der Waals surface area contributed by atoms with Crippen LogP contribution in [0.15, 0.2) is 0 Å². The average molecular weight is 159 g/mol. The highest BCUT2D eigenvalue weighted by atomic mass is 16.1. The van der Waals surface area contributed by atoms with E-state index in [1.54, 1.807) is 14.1 Å². The van der Waals surface area contributed by atoms with Crippen molar-refractivity contribution in [1.29, 1.82) is 0 Å². The summed E-state index contributed by atoms with van der Waals surface area (Å²) in [4.78, 5) is 10.9. The zero-order valence-corrected chi connectivity index (χ0v) is 7.26. The van der Waals surface area contributed by atoms with Gasteiger partial charge >= 0.3 is 0 Å². The second-order valence-electron chi connectivity index (χ2n) is 2.57. The summed E-state index contributed by atoms with van der Waals surface area (Å²) < 4.78 is 0. The van der Waals surface area contributed by atoms with Crippen molar-refractivity contribution >= 4 is 6.41 Å². The highest BCUT2D eigenvalue weighted by Gasteiger charge is 1.91. The number of piperazine rings is 1. The van der Waals surface area contributed by atoms with Gasteiger partial charge in [0.05, 0.1) is 0 Å². The molecule has 0 radical (unpaired) electrons. The molecule has 0 unspecified atom stereocenters. The van der Waals surface area contributed by atoms with Crippen LogP contribution in [0.1, 0.15) is 0 Å². The minimum absolute atomic E-state index is 0.750. The molecular formula is C7H17N3O. The van der Waals surface area contributed by atoms with Gasteiger partial charge in [0, 0.05) is 40.3 Å². The Morgan fingerprint density at radius 3 is 1.45 bits per heavy atom. The van der Waals surface area contributed by atoms with Crippen LogP contribution in [-0.2, 0) is 4.79 Å². The number of rotatable bonds is 1. The summed E-state index contributed by atoms with van der Waals surface area (Å²) >= 11 is 0. The van der Waals surface area contributed by atoms with E-state index in [1.165, 1.54) is 4.90 Å². The summed E-state index contributed by atoms with van der Waals surface area (Å²) in [7, 11) is 3.38. The van der Waals surface area contributed by atoms with Crippen molar-refractivity contribution in [3.05, 3.63) is 0 Å². The topological polar surface area (TPSA) is 44.4 Å². The van der Waals surface area contributed by atoms with Crippen molar-refractivity contribution in [1.82, 2.24) is 15.5 Å². The molecule has 1 fully saturated rings. The van der Waals surface area contributed by atoms with Gasteiger partial charge in [-0.05, 0) is 0 Å². The Balaban J connectivity index is 0.000000187. The Bertz CT molecular complexity index is 80.2. The maximum Gasteiger partial charge on any atom is 0.209 e. The summed E-state index contributed by atoms with van der Waals surface area (Å²) in [6.07, 6.45) is 0.750. The fraction of sp³-hybridized carbons (Fsp3) is 0.857. The normalized spacial score (nSPS) is 16.2. The van der Waals surface area contributed by atoms with Crippen molar-refractivity contribution in [2.45, 2.75) is 0 Å². The lowest BCUT2D eigenvalue weighted by Crippen LogP contribution is -2.39. The number of carbonyl (C=O) groups is 1. The van der Waals surface area contributed by atoms with Gasteiger partial charge in [-0.3, -0.25) is 4.79 Å². The molecule has 1 rings (SSSR count). The molecule has 0 aromatic carbocycles. The first-order valence-corrected chi connectivity index (χ1v) is 3.80. The van der Waals surface area contributed by atoms with Gasteiger partial charge in [0.1, 0.15) is 0 Å². The molecule has 2 N–H and O–H groups in total. The maximum atomic E-state index is 9.43. The Morgan fingerprint density at radius 1 is 1.09 bits per heavy atom. The molecule has 0 aliphatic carbocycles. The van der Waals surface area contributed by atoms with Crippen molar-refractivity contribution in [2.24, 2.45) is 0 Å². The van der Waals surface area contributed by atoms with Gasteiger partial charge in [-0.25, -0.2) is 0 Å². The lowest BCUT2D eigenvalue weighted by atomic mass is 10.4. The zero-order valence-electron chi connectivity index (χ0n) is 7.26. The largest absolute Gasteiger partial charge is 0.351 e. The minimum Gasteiger partial charge on any atom is -0.351 e. The third-order valence-corrected chi connectivity index (χ3v) is 1.17. The van der Waals surface area contributed by atoms with E-state index in [4.69, 9.17) is 0 Å². The van der Waals surface area contributed by atoms with Crippen LogP contribution in [0, 0.1) is 0 Å². The molecule has 11 heavy (non-hydrogen) atoms. The Labute approximate surface area is 67.9 Å². The smallest absolute Gasteiger partial charge is 0.209 e. The van der Waals surface area contributed by atoms with E-state index < -0.39 is 0 Å². The predicted octanol–water partition coefficient (Wildman–Crippen LogP) is -1.12. The zero-order chi connectivity index (χ0) is 8.53. The summed E-state index contributed by atoms with van der Waals surface area (Å²) in [5, 5.41) is 6.44. The van der Waals surface area contributed by atoms with Crippen LogP contribution in [0.5, 0.6) is 0 Å². The second kappa shape index (κ2) is 7.50. The molecule has 4 heteroatoms. The highest BCUT2D eigenvalue weighted by molar-refractivity contribution is 5.45. The molecule has 1 heterocycles. The molecule has 1 amide bonds. The maximum absolute atomic E-state index is 9.43.